The second kappa shape index (κ2) is 3.50. The predicted molar refractivity (Wildman–Crippen MR) is 52.8 cm³/mol. The first-order valence-electron chi connectivity index (χ1n) is 4.98. The van der Waals surface area contributed by atoms with Crippen LogP contribution in [0.1, 0.15) is 30.0 Å². The van der Waals surface area contributed by atoms with Gasteiger partial charge in [0.1, 0.15) is 0 Å². The summed E-state index contributed by atoms with van der Waals surface area (Å²) in [7, 11) is 1.99. The average Bonchev–Trinajstić information content (AvgIpc) is 2.47. The van der Waals surface area contributed by atoms with Gasteiger partial charge in [0, 0.05) is 19.8 Å². The first-order valence-corrected chi connectivity index (χ1v) is 4.98. The van der Waals surface area contributed by atoms with Crippen molar-refractivity contribution >= 4 is 0 Å². The van der Waals surface area contributed by atoms with Crippen LogP contribution in [0.2, 0.25) is 0 Å². The van der Waals surface area contributed by atoms with Gasteiger partial charge >= 0.3 is 0 Å². The third-order valence-electron chi connectivity index (χ3n) is 2.79. The first-order chi connectivity index (χ1) is 6.27. The molecule has 2 rings (SSSR count). The number of nitrogens with zero attached hydrogens (tertiary/aromatic N) is 2. The van der Waals surface area contributed by atoms with E-state index in [1.54, 1.807) is 0 Å². The lowest BCUT2D eigenvalue weighted by Crippen LogP contribution is -2.28. The van der Waals surface area contributed by atoms with Crippen molar-refractivity contribution in [3.8, 4) is 0 Å². The van der Waals surface area contributed by atoms with Gasteiger partial charge in [0.15, 0.2) is 0 Å². The van der Waals surface area contributed by atoms with E-state index in [1.807, 2.05) is 11.7 Å². The van der Waals surface area contributed by atoms with Gasteiger partial charge in [-0.2, -0.15) is 5.10 Å². The Kier molecular flexibility index (Phi) is 2.36. The van der Waals surface area contributed by atoms with E-state index < -0.39 is 0 Å². The summed E-state index contributed by atoms with van der Waals surface area (Å²) in [6.07, 6.45) is 4.76. The molecule has 1 atom stereocenters. The summed E-state index contributed by atoms with van der Waals surface area (Å²) >= 11 is 0. The lowest BCUT2D eigenvalue weighted by molar-refractivity contribution is 0.460. The van der Waals surface area contributed by atoms with Gasteiger partial charge in [-0.1, -0.05) is 0 Å². The van der Waals surface area contributed by atoms with Crippen LogP contribution in [0.25, 0.3) is 0 Å². The van der Waals surface area contributed by atoms with Gasteiger partial charge in [-0.05, 0) is 37.8 Å². The molecule has 0 saturated carbocycles. The Morgan fingerprint density at radius 1 is 1.62 bits per heavy atom. The minimum atomic E-state index is 0.683. The van der Waals surface area contributed by atoms with Crippen LogP contribution in [0.5, 0.6) is 0 Å². The SMILES string of the molecule is Cc1nn(C)cc1C1CCCNC1. The molecule has 0 aromatic carbocycles. The summed E-state index contributed by atoms with van der Waals surface area (Å²) in [5.41, 5.74) is 2.62. The van der Waals surface area contributed by atoms with Crippen LogP contribution in [0.4, 0.5) is 0 Å². The molecule has 13 heavy (non-hydrogen) atoms. The standard InChI is InChI=1S/C10H17N3/c1-8-10(7-13(2)12-8)9-4-3-5-11-6-9/h7,9,11H,3-6H2,1-2H3. The smallest absolute Gasteiger partial charge is 0.0628 e. The third-order valence-corrected chi connectivity index (χ3v) is 2.79. The van der Waals surface area contributed by atoms with Crippen LogP contribution in [0, 0.1) is 6.92 Å². The molecule has 1 aliphatic rings. The normalized spacial score (nSPS) is 23.4. The predicted octanol–water partition coefficient (Wildman–Crippen LogP) is 1.20. The van der Waals surface area contributed by atoms with E-state index in [2.05, 4.69) is 23.5 Å². The van der Waals surface area contributed by atoms with E-state index in [4.69, 9.17) is 0 Å². The molecule has 1 N–H and O–H groups in total. The van der Waals surface area contributed by atoms with Crippen molar-refractivity contribution in [1.82, 2.24) is 15.1 Å². The van der Waals surface area contributed by atoms with Crippen molar-refractivity contribution in [2.24, 2.45) is 7.05 Å². The molecule has 0 aliphatic carbocycles. The molecule has 0 radical (unpaired) electrons. The zero-order valence-corrected chi connectivity index (χ0v) is 8.38. The number of piperidine rings is 1. The van der Waals surface area contributed by atoms with Gasteiger partial charge in [0.2, 0.25) is 0 Å². The fourth-order valence-corrected chi connectivity index (χ4v) is 2.14. The van der Waals surface area contributed by atoms with E-state index in [0.717, 1.165) is 6.54 Å². The van der Waals surface area contributed by atoms with Crippen LogP contribution in [0.15, 0.2) is 6.20 Å². The molecule has 2 heterocycles. The summed E-state index contributed by atoms with van der Waals surface area (Å²) in [4.78, 5) is 0. The monoisotopic (exact) mass is 179 g/mol. The Bertz CT molecular complexity index is 284. The third kappa shape index (κ3) is 1.75. The Hall–Kier alpha value is -0.830. The molecule has 0 spiro atoms. The molecule has 72 valence electrons. The summed E-state index contributed by atoms with van der Waals surface area (Å²) in [6, 6.07) is 0. The van der Waals surface area contributed by atoms with Gasteiger partial charge in [-0.25, -0.2) is 0 Å². The molecule has 1 fully saturated rings. The fourth-order valence-electron chi connectivity index (χ4n) is 2.14. The second-order valence-electron chi connectivity index (χ2n) is 3.89. The molecule has 1 saturated heterocycles. The van der Waals surface area contributed by atoms with Crippen molar-refractivity contribution in [2.75, 3.05) is 13.1 Å². The number of hydrogen-bond donors (Lipinski definition) is 1. The van der Waals surface area contributed by atoms with Gasteiger partial charge in [0.05, 0.1) is 5.69 Å². The van der Waals surface area contributed by atoms with Gasteiger partial charge in [0.25, 0.3) is 0 Å². The van der Waals surface area contributed by atoms with E-state index in [9.17, 15) is 0 Å². The lowest BCUT2D eigenvalue weighted by Gasteiger charge is -2.22. The number of rotatable bonds is 1. The molecular formula is C10H17N3. The van der Waals surface area contributed by atoms with Crippen LogP contribution in [-0.2, 0) is 7.05 Å². The van der Waals surface area contributed by atoms with Gasteiger partial charge in [-0.3, -0.25) is 4.68 Å². The summed E-state index contributed by atoms with van der Waals surface area (Å²) in [5.74, 6) is 0.683. The van der Waals surface area contributed by atoms with E-state index in [-0.39, 0.29) is 0 Å². The molecule has 0 bridgehead atoms. The maximum absolute atomic E-state index is 4.38. The van der Waals surface area contributed by atoms with Gasteiger partial charge < -0.3 is 5.32 Å². The maximum Gasteiger partial charge on any atom is 0.0628 e. The fraction of sp³-hybridized carbons (Fsp3) is 0.700. The Morgan fingerprint density at radius 3 is 3.00 bits per heavy atom. The van der Waals surface area contributed by atoms with Crippen LogP contribution in [-0.4, -0.2) is 22.9 Å². The van der Waals surface area contributed by atoms with E-state index in [0.29, 0.717) is 5.92 Å². The van der Waals surface area contributed by atoms with Crippen molar-refractivity contribution < 1.29 is 0 Å². The second-order valence-corrected chi connectivity index (χ2v) is 3.89. The zero-order chi connectivity index (χ0) is 9.26. The van der Waals surface area contributed by atoms with E-state index >= 15 is 0 Å². The van der Waals surface area contributed by atoms with Crippen LogP contribution in [0.3, 0.4) is 0 Å². The minimum Gasteiger partial charge on any atom is -0.316 e. The molecule has 0 amide bonds. The van der Waals surface area contributed by atoms with Crippen molar-refractivity contribution in [2.45, 2.75) is 25.7 Å². The maximum atomic E-state index is 4.38. The van der Waals surface area contributed by atoms with Crippen LogP contribution >= 0.6 is 0 Å². The first kappa shape index (κ1) is 8.75. The Balaban J connectivity index is 2.18. The largest absolute Gasteiger partial charge is 0.316 e. The Morgan fingerprint density at radius 2 is 2.46 bits per heavy atom. The van der Waals surface area contributed by atoms with Crippen molar-refractivity contribution in [3.05, 3.63) is 17.5 Å². The summed E-state index contributed by atoms with van der Waals surface area (Å²) in [6.45, 7) is 4.40. The average molecular weight is 179 g/mol. The molecule has 1 aliphatic heterocycles. The highest BCUT2D eigenvalue weighted by atomic mass is 15.2. The van der Waals surface area contributed by atoms with Crippen LogP contribution < -0.4 is 5.32 Å². The molecular weight excluding hydrogens is 162 g/mol. The highest BCUT2D eigenvalue weighted by Gasteiger charge is 2.18. The summed E-state index contributed by atoms with van der Waals surface area (Å²) in [5, 5.41) is 7.81. The Labute approximate surface area is 79.1 Å². The highest BCUT2D eigenvalue weighted by Crippen LogP contribution is 2.24. The molecule has 1 unspecified atom stereocenters. The highest BCUT2D eigenvalue weighted by molar-refractivity contribution is 5.21. The lowest BCUT2D eigenvalue weighted by atomic mass is 9.92. The molecule has 3 nitrogen and oxygen atoms in total. The number of nitrogens with one attached hydrogen (secondary N) is 1. The molecule has 1 aromatic rings. The minimum absolute atomic E-state index is 0.683. The summed E-state index contributed by atoms with van der Waals surface area (Å²) < 4.78 is 1.92. The van der Waals surface area contributed by atoms with E-state index in [1.165, 1.54) is 30.6 Å². The van der Waals surface area contributed by atoms with Gasteiger partial charge in [-0.15, -0.1) is 0 Å². The van der Waals surface area contributed by atoms with Crippen molar-refractivity contribution in [3.63, 3.8) is 0 Å². The number of aryl methyl sites for hydroxylation is 2. The number of hydrogen-bond acceptors (Lipinski definition) is 2. The number of aromatic nitrogens is 2. The topological polar surface area (TPSA) is 29.9 Å². The molecule has 3 heteroatoms. The molecule has 1 aromatic heterocycles. The quantitative estimate of drug-likeness (QED) is 0.702. The zero-order valence-electron chi connectivity index (χ0n) is 8.38. The van der Waals surface area contributed by atoms with Crippen molar-refractivity contribution in [1.29, 1.82) is 0 Å².